The molecule has 19 heavy (non-hydrogen) atoms. The number of aryl methyl sites for hydroxylation is 1. The Balaban J connectivity index is 2.41. The van der Waals surface area contributed by atoms with Gasteiger partial charge in [-0.25, -0.2) is 0 Å². The number of amides is 1. The van der Waals surface area contributed by atoms with Crippen LogP contribution in [-0.2, 0) is 4.84 Å². The van der Waals surface area contributed by atoms with Crippen molar-refractivity contribution in [1.82, 2.24) is 0 Å². The van der Waals surface area contributed by atoms with Crippen LogP contribution in [0.15, 0.2) is 48.5 Å². The van der Waals surface area contributed by atoms with Gasteiger partial charge in [0.1, 0.15) is 0 Å². The quantitative estimate of drug-likeness (QED) is 0.610. The Morgan fingerprint density at radius 3 is 2.37 bits per heavy atom. The van der Waals surface area contributed by atoms with Gasteiger partial charge in [-0.3, -0.25) is 9.63 Å². The van der Waals surface area contributed by atoms with Crippen molar-refractivity contribution in [2.45, 2.75) is 6.92 Å². The van der Waals surface area contributed by atoms with E-state index >= 15 is 0 Å². The molecular formula is C15H14INO2. The summed E-state index contributed by atoms with van der Waals surface area (Å²) >= 11 is 2.19. The topological polar surface area (TPSA) is 29.5 Å². The lowest BCUT2D eigenvalue weighted by Gasteiger charge is -2.21. The minimum Gasteiger partial charge on any atom is -0.269 e. The molecule has 0 radical (unpaired) electrons. The Morgan fingerprint density at radius 2 is 1.74 bits per heavy atom. The molecule has 0 saturated carbocycles. The summed E-state index contributed by atoms with van der Waals surface area (Å²) in [5.41, 5.74) is 2.32. The lowest BCUT2D eigenvalue weighted by molar-refractivity contribution is 0.0772. The van der Waals surface area contributed by atoms with Crippen LogP contribution in [0.4, 0.5) is 5.69 Å². The van der Waals surface area contributed by atoms with Gasteiger partial charge in [-0.1, -0.05) is 30.3 Å². The number of benzene rings is 2. The number of rotatable bonds is 3. The molecule has 0 spiro atoms. The number of nitrogens with zero attached hydrogens (tertiary/aromatic N) is 1. The van der Waals surface area contributed by atoms with Crippen LogP contribution in [0.1, 0.15) is 15.9 Å². The van der Waals surface area contributed by atoms with Gasteiger partial charge in [0.2, 0.25) is 0 Å². The Labute approximate surface area is 126 Å². The van der Waals surface area contributed by atoms with E-state index in [1.807, 2.05) is 49.4 Å². The summed E-state index contributed by atoms with van der Waals surface area (Å²) in [4.78, 5) is 17.8. The van der Waals surface area contributed by atoms with E-state index in [1.165, 1.54) is 12.2 Å². The summed E-state index contributed by atoms with van der Waals surface area (Å²) in [6, 6.07) is 15.1. The number of anilines is 1. The van der Waals surface area contributed by atoms with E-state index in [1.54, 1.807) is 6.07 Å². The largest absolute Gasteiger partial charge is 0.282 e. The number of hydroxylamine groups is 1. The fraction of sp³-hybridized carbons (Fsp3) is 0.133. The second-order valence-electron chi connectivity index (χ2n) is 4.05. The summed E-state index contributed by atoms with van der Waals surface area (Å²) in [6.45, 7) is 1.91. The lowest BCUT2D eigenvalue weighted by atomic mass is 10.1. The van der Waals surface area contributed by atoms with Crippen LogP contribution in [0.5, 0.6) is 0 Å². The van der Waals surface area contributed by atoms with Crippen LogP contribution < -0.4 is 5.06 Å². The second kappa shape index (κ2) is 6.16. The average molecular weight is 367 g/mol. The lowest BCUT2D eigenvalue weighted by Crippen LogP contribution is -2.30. The van der Waals surface area contributed by atoms with Gasteiger partial charge in [-0.15, -0.1) is 0 Å². The third kappa shape index (κ3) is 2.96. The zero-order valence-electron chi connectivity index (χ0n) is 10.8. The van der Waals surface area contributed by atoms with Crippen molar-refractivity contribution in [3.63, 3.8) is 0 Å². The molecular weight excluding hydrogens is 353 g/mol. The van der Waals surface area contributed by atoms with Crippen molar-refractivity contribution < 1.29 is 9.63 Å². The van der Waals surface area contributed by atoms with Gasteiger partial charge in [0, 0.05) is 9.13 Å². The smallest absolute Gasteiger partial charge is 0.269 e. The maximum atomic E-state index is 12.5. The Morgan fingerprint density at radius 1 is 1.11 bits per heavy atom. The third-order valence-corrected chi connectivity index (χ3v) is 3.73. The molecule has 0 saturated heterocycles. The minimum absolute atomic E-state index is 0.162. The molecule has 0 aliphatic rings. The minimum atomic E-state index is -0.162. The normalized spacial score (nSPS) is 10.3. The monoisotopic (exact) mass is 367 g/mol. The number of carbonyl (C=O) groups is 1. The fourth-order valence-corrected chi connectivity index (χ4v) is 2.44. The highest BCUT2D eigenvalue weighted by Crippen LogP contribution is 2.24. The Bertz CT molecular complexity index is 598. The van der Waals surface area contributed by atoms with Crippen molar-refractivity contribution in [3.05, 3.63) is 63.2 Å². The number of hydrogen-bond donors (Lipinski definition) is 0. The second-order valence-corrected chi connectivity index (χ2v) is 5.21. The Hall–Kier alpha value is -1.40. The first-order valence-electron chi connectivity index (χ1n) is 5.84. The molecule has 0 unspecified atom stereocenters. The first kappa shape index (κ1) is 14.0. The summed E-state index contributed by atoms with van der Waals surface area (Å²) in [5, 5.41) is 1.32. The van der Waals surface area contributed by atoms with Crippen LogP contribution in [-0.4, -0.2) is 13.0 Å². The van der Waals surface area contributed by atoms with Crippen molar-refractivity contribution in [2.24, 2.45) is 0 Å². The molecule has 2 rings (SSSR count). The molecule has 0 aliphatic heterocycles. The first-order chi connectivity index (χ1) is 9.15. The van der Waals surface area contributed by atoms with Gasteiger partial charge in [0.15, 0.2) is 0 Å². The van der Waals surface area contributed by atoms with Crippen LogP contribution in [0.25, 0.3) is 0 Å². The summed E-state index contributed by atoms with van der Waals surface area (Å²) in [5.74, 6) is -0.162. The molecule has 0 aliphatic carbocycles. The van der Waals surface area contributed by atoms with Crippen LogP contribution in [0.3, 0.4) is 0 Å². The SMILES string of the molecule is CON(C(=O)c1ccccc1C)c1ccccc1I. The van der Waals surface area contributed by atoms with E-state index in [0.717, 1.165) is 14.8 Å². The predicted molar refractivity (Wildman–Crippen MR) is 84.2 cm³/mol. The molecule has 2 aromatic carbocycles. The summed E-state index contributed by atoms with van der Waals surface area (Å²) in [6.07, 6.45) is 0. The standard InChI is InChI=1S/C15H14INO2/c1-11-7-3-4-8-12(11)15(18)17(19-2)14-10-6-5-9-13(14)16/h3-10H,1-2H3. The average Bonchev–Trinajstić information content (AvgIpc) is 2.42. The molecule has 0 atom stereocenters. The van der Waals surface area contributed by atoms with Gasteiger partial charge in [0.05, 0.1) is 12.8 Å². The number of hydrogen-bond acceptors (Lipinski definition) is 2. The molecule has 0 N–H and O–H groups in total. The first-order valence-corrected chi connectivity index (χ1v) is 6.91. The third-order valence-electron chi connectivity index (χ3n) is 2.81. The molecule has 0 heterocycles. The number of para-hydroxylation sites is 1. The molecule has 3 nitrogen and oxygen atoms in total. The molecule has 0 bridgehead atoms. The van der Waals surface area contributed by atoms with Crippen LogP contribution in [0, 0.1) is 10.5 Å². The fourth-order valence-electron chi connectivity index (χ4n) is 1.83. The van der Waals surface area contributed by atoms with Crippen molar-refractivity contribution in [3.8, 4) is 0 Å². The summed E-state index contributed by atoms with van der Waals surface area (Å²) in [7, 11) is 1.50. The number of carbonyl (C=O) groups excluding carboxylic acids is 1. The molecule has 1 amide bonds. The van der Waals surface area contributed by atoms with Gasteiger partial charge < -0.3 is 0 Å². The molecule has 0 fully saturated rings. The maximum absolute atomic E-state index is 12.5. The molecule has 0 aromatic heterocycles. The van der Waals surface area contributed by atoms with Gasteiger partial charge in [-0.05, 0) is 53.3 Å². The van der Waals surface area contributed by atoms with Crippen molar-refractivity contribution in [2.75, 3.05) is 12.2 Å². The highest BCUT2D eigenvalue weighted by Gasteiger charge is 2.20. The highest BCUT2D eigenvalue weighted by molar-refractivity contribution is 14.1. The van der Waals surface area contributed by atoms with Crippen molar-refractivity contribution in [1.29, 1.82) is 0 Å². The highest BCUT2D eigenvalue weighted by atomic mass is 127. The summed E-state index contributed by atoms with van der Waals surface area (Å²) < 4.78 is 0.962. The van der Waals surface area contributed by atoms with Crippen LogP contribution in [0.2, 0.25) is 0 Å². The zero-order valence-corrected chi connectivity index (χ0v) is 12.9. The Kier molecular flexibility index (Phi) is 4.55. The predicted octanol–water partition coefficient (Wildman–Crippen LogP) is 3.81. The maximum Gasteiger partial charge on any atom is 0.282 e. The van der Waals surface area contributed by atoms with Gasteiger partial charge in [0.25, 0.3) is 5.91 Å². The molecule has 2 aromatic rings. The van der Waals surface area contributed by atoms with E-state index in [9.17, 15) is 4.79 Å². The van der Waals surface area contributed by atoms with Crippen LogP contribution >= 0.6 is 22.6 Å². The van der Waals surface area contributed by atoms with E-state index in [4.69, 9.17) is 4.84 Å². The number of halogens is 1. The van der Waals surface area contributed by atoms with Gasteiger partial charge >= 0.3 is 0 Å². The molecule has 98 valence electrons. The van der Waals surface area contributed by atoms with Crippen molar-refractivity contribution >= 4 is 34.2 Å². The van der Waals surface area contributed by atoms with E-state index in [2.05, 4.69) is 22.6 Å². The van der Waals surface area contributed by atoms with E-state index in [0.29, 0.717) is 5.56 Å². The van der Waals surface area contributed by atoms with Gasteiger partial charge in [-0.2, -0.15) is 5.06 Å². The van der Waals surface area contributed by atoms with E-state index < -0.39 is 0 Å². The molecule has 4 heteroatoms. The van der Waals surface area contributed by atoms with E-state index in [-0.39, 0.29) is 5.91 Å². The zero-order chi connectivity index (χ0) is 13.8.